The van der Waals surface area contributed by atoms with E-state index in [1.165, 1.54) is 12.1 Å². The zero-order chi connectivity index (χ0) is 23.1. The lowest BCUT2D eigenvalue weighted by molar-refractivity contribution is -0.119. The molecule has 0 fully saturated rings. The summed E-state index contributed by atoms with van der Waals surface area (Å²) < 4.78 is 33.7. The number of amides is 1. The van der Waals surface area contributed by atoms with Crippen LogP contribution in [-0.4, -0.2) is 20.9 Å². The van der Waals surface area contributed by atoms with Crippen LogP contribution in [0.3, 0.4) is 0 Å². The summed E-state index contributed by atoms with van der Waals surface area (Å²) in [7, 11) is -4.13. The Morgan fingerprint density at radius 3 is 2.34 bits per heavy atom. The molecule has 8 heteroatoms. The maximum absolute atomic E-state index is 13.4. The van der Waals surface area contributed by atoms with Crippen LogP contribution in [0.15, 0.2) is 82.2 Å². The smallest absolute Gasteiger partial charge is 0.278 e. The second-order valence-electron chi connectivity index (χ2n) is 7.11. The average molecular weight is 537 g/mol. The molecule has 3 aromatic rings. The number of halogens is 2. The zero-order valence-electron chi connectivity index (χ0n) is 17.5. The summed E-state index contributed by atoms with van der Waals surface area (Å²) in [5.74, 6) is -0.327. The van der Waals surface area contributed by atoms with Gasteiger partial charge in [-0.3, -0.25) is 4.79 Å². The number of rotatable bonds is 9. The van der Waals surface area contributed by atoms with Crippen molar-refractivity contribution in [3.8, 4) is 5.75 Å². The highest BCUT2D eigenvalue weighted by molar-refractivity contribution is 9.10. The van der Waals surface area contributed by atoms with Crippen LogP contribution in [0.5, 0.6) is 5.75 Å². The first-order valence-electron chi connectivity index (χ1n) is 10.1. The molecule has 0 aliphatic heterocycles. The Morgan fingerprint density at radius 2 is 1.72 bits per heavy atom. The molecule has 0 saturated carbocycles. The van der Waals surface area contributed by atoms with E-state index in [1.807, 2.05) is 12.1 Å². The quantitative estimate of drug-likeness (QED) is 0.324. The summed E-state index contributed by atoms with van der Waals surface area (Å²) in [5.41, 5.74) is 1.35. The summed E-state index contributed by atoms with van der Waals surface area (Å²) in [6.45, 7) is 1.64. The molecule has 0 heterocycles. The van der Waals surface area contributed by atoms with Crippen LogP contribution in [-0.2, 0) is 21.2 Å². The minimum absolute atomic E-state index is 0.0242. The largest absolute Gasteiger partial charge is 0.483 e. The maximum Gasteiger partial charge on any atom is 0.278 e. The highest BCUT2D eigenvalue weighted by atomic mass is 79.9. The lowest BCUT2D eigenvalue weighted by Crippen LogP contribution is -2.40. The number of hydrogen-bond acceptors (Lipinski definition) is 4. The molecular weight excluding hydrogens is 514 g/mol. The summed E-state index contributed by atoms with van der Waals surface area (Å²) in [6, 6.07) is 19.7. The van der Waals surface area contributed by atoms with E-state index in [4.69, 9.17) is 16.3 Å². The fourth-order valence-electron chi connectivity index (χ4n) is 3.08. The zero-order valence-corrected chi connectivity index (χ0v) is 20.7. The van der Waals surface area contributed by atoms with Gasteiger partial charge in [0, 0.05) is 5.02 Å². The molecule has 0 N–H and O–H groups in total. The van der Waals surface area contributed by atoms with Crippen LogP contribution in [0.4, 0.5) is 5.69 Å². The SMILES string of the molecule is CCCCc1ccc(N(C(=O)COc2ccc(Cl)cc2Br)S(=O)(=O)c2ccccc2)cc1. The molecule has 0 bridgehead atoms. The third-order valence-corrected chi connectivity index (χ3v) is 7.36. The van der Waals surface area contributed by atoms with E-state index in [0.29, 0.717) is 15.2 Å². The Bertz CT molecular complexity index is 1170. The van der Waals surface area contributed by atoms with Crippen LogP contribution in [0.1, 0.15) is 25.3 Å². The number of carbonyl (C=O) groups excluding carboxylic acids is 1. The lowest BCUT2D eigenvalue weighted by atomic mass is 10.1. The Balaban J connectivity index is 1.92. The Kier molecular flexibility index (Phi) is 8.34. The van der Waals surface area contributed by atoms with Crippen molar-refractivity contribution < 1.29 is 17.9 Å². The summed E-state index contributed by atoms with van der Waals surface area (Å²) >= 11 is 9.27. The van der Waals surface area contributed by atoms with Gasteiger partial charge in [0.2, 0.25) is 0 Å². The lowest BCUT2D eigenvalue weighted by Gasteiger charge is -2.23. The number of sulfonamides is 1. The van der Waals surface area contributed by atoms with Gasteiger partial charge in [-0.05, 0) is 76.8 Å². The topological polar surface area (TPSA) is 63.7 Å². The number of hydrogen-bond donors (Lipinski definition) is 0. The van der Waals surface area contributed by atoms with Gasteiger partial charge < -0.3 is 4.74 Å². The first-order valence-corrected chi connectivity index (χ1v) is 12.7. The minimum Gasteiger partial charge on any atom is -0.483 e. The van der Waals surface area contributed by atoms with E-state index in [0.717, 1.165) is 29.1 Å². The van der Waals surface area contributed by atoms with Gasteiger partial charge in [-0.15, -0.1) is 0 Å². The van der Waals surface area contributed by atoms with Crippen LogP contribution >= 0.6 is 27.5 Å². The van der Waals surface area contributed by atoms with Crippen LogP contribution in [0.2, 0.25) is 5.02 Å². The first-order chi connectivity index (χ1) is 15.3. The van der Waals surface area contributed by atoms with Crippen LogP contribution in [0.25, 0.3) is 0 Å². The average Bonchev–Trinajstić information content (AvgIpc) is 2.78. The molecule has 0 atom stereocenters. The molecule has 0 spiro atoms. The molecule has 32 heavy (non-hydrogen) atoms. The molecule has 0 aliphatic carbocycles. The van der Waals surface area contributed by atoms with Gasteiger partial charge >= 0.3 is 0 Å². The van der Waals surface area contributed by atoms with E-state index in [9.17, 15) is 13.2 Å². The summed E-state index contributed by atoms with van der Waals surface area (Å²) in [6.07, 6.45) is 2.99. The number of ether oxygens (including phenoxy) is 1. The third kappa shape index (κ3) is 5.91. The van der Waals surface area contributed by atoms with E-state index in [-0.39, 0.29) is 10.6 Å². The van der Waals surface area contributed by atoms with Crippen molar-refractivity contribution in [3.05, 3.63) is 87.9 Å². The third-order valence-electron chi connectivity index (χ3n) is 4.74. The van der Waals surface area contributed by atoms with E-state index in [2.05, 4.69) is 22.9 Å². The second-order valence-corrected chi connectivity index (χ2v) is 10.2. The predicted octanol–water partition coefficient (Wildman–Crippen LogP) is 6.25. The van der Waals surface area contributed by atoms with Gasteiger partial charge in [-0.1, -0.05) is 55.3 Å². The van der Waals surface area contributed by atoms with Gasteiger partial charge in [0.1, 0.15) is 5.75 Å². The Hall–Kier alpha value is -2.35. The number of benzene rings is 3. The molecule has 3 rings (SSSR count). The van der Waals surface area contributed by atoms with Crippen molar-refractivity contribution in [2.45, 2.75) is 31.1 Å². The van der Waals surface area contributed by atoms with Gasteiger partial charge in [0.05, 0.1) is 15.1 Å². The molecule has 168 valence electrons. The number of nitrogens with zero attached hydrogens (tertiary/aromatic N) is 1. The van der Waals surface area contributed by atoms with E-state index < -0.39 is 22.5 Å². The summed E-state index contributed by atoms with van der Waals surface area (Å²) in [4.78, 5) is 13.2. The number of unbranched alkanes of at least 4 members (excludes halogenated alkanes) is 1. The molecule has 0 radical (unpaired) electrons. The molecule has 0 saturated heterocycles. The van der Waals surface area contributed by atoms with Crippen molar-refractivity contribution in [3.63, 3.8) is 0 Å². The maximum atomic E-state index is 13.4. The van der Waals surface area contributed by atoms with Crippen molar-refractivity contribution in [1.82, 2.24) is 0 Å². The monoisotopic (exact) mass is 535 g/mol. The highest BCUT2D eigenvalue weighted by Crippen LogP contribution is 2.29. The normalized spacial score (nSPS) is 11.2. The Morgan fingerprint density at radius 1 is 1.03 bits per heavy atom. The van der Waals surface area contributed by atoms with Crippen molar-refractivity contribution in [2.24, 2.45) is 0 Å². The molecule has 0 aromatic heterocycles. The standard InChI is InChI=1S/C24H23BrClNO4S/c1-2-3-7-18-10-13-20(14-11-18)27(32(29,30)21-8-5-4-6-9-21)24(28)17-31-23-15-12-19(26)16-22(23)25/h4-6,8-16H,2-3,7,17H2,1H3. The second kappa shape index (κ2) is 11.0. The minimum atomic E-state index is -4.13. The number of anilines is 1. The van der Waals surface area contributed by atoms with Crippen molar-refractivity contribution in [2.75, 3.05) is 10.9 Å². The van der Waals surface area contributed by atoms with Gasteiger partial charge in [-0.25, -0.2) is 8.42 Å². The molecular formula is C24H23BrClNO4S. The van der Waals surface area contributed by atoms with Crippen molar-refractivity contribution in [1.29, 1.82) is 0 Å². The fourth-order valence-corrected chi connectivity index (χ4v) is 5.31. The van der Waals surface area contributed by atoms with E-state index >= 15 is 0 Å². The van der Waals surface area contributed by atoms with Gasteiger partial charge in [0.25, 0.3) is 15.9 Å². The number of carbonyl (C=O) groups is 1. The fraction of sp³-hybridized carbons (Fsp3) is 0.208. The molecule has 5 nitrogen and oxygen atoms in total. The first kappa shape index (κ1) is 24.3. The van der Waals surface area contributed by atoms with Crippen molar-refractivity contribution >= 4 is 49.1 Å². The molecule has 1 amide bonds. The van der Waals surface area contributed by atoms with Gasteiger partial charge in [0.15, 0.2) is 6.61 Å². The summed E-state index contributed by atoms with van der Waals surface area (Å²) in [5, 5.41) is 0.506. The number of aryl methyl sites for hydroxylation is 1. The highest BCUT2D eigenvalue weighted by Gasteiger charge is 2.31. The molecule has 0 unspecified atom stereocenters. The molecule has 0 aliphatic rings. The predicted molar refractivity (Wildman–Crippen MR) is 131 cm³/mol. The van der Waals surface area contributed by atoms with Crippen LogP contribution in [0, 0.1) is 0 Å². The van der Waals surface area contributed by atoms with Crippen LogP contribution < -0.4 is 9.04 Å². The van der Waals surface area contributed by atoms with E-state index in [1.54, 1.807) is 48.5 Å². The van der Waals surface area contributed by atoms with Gasteiger partial charge in [-0.2, -0.15) is 4.31 Å². The Labute approximate surface area is 202 Å². The molecule has 3 aromatic carbocycles.